The lowest BCUT2D eigenvalue weighted by molar-refractivity contribution is -0.117. The SMILES string of the molecule is COc1ccc(NC(=O)CN(C)Cc2ccccc2Cl)cc1Cl. The van der Waals surface area contributed by atoms with Gasteiger partial charge >= 0.3 is 0 Å². The molecule has 0 heterocycles. The van der Waals surface area contributed by atoms with E-state index in [1.54, 1.807) is 25.3 Å². The fourth-order valence-electron chi connectivity index (χ4n) is 2.16. The molecule has 0 aliphatic rings. The number of carbonyl (C=O) groups excluding carboxylic acids is 1. The van der Waals surface area contributed by atoms with Gasteiger partial charge < -0.3 is 10.1 Å². The van der Waals surface area contributed by atoms with E-state index in [1.807, 2.05) is 36.2 Å². The molecule has 0 spiro atoms. The second-order valence-corrected chi connectivity index (χ2v) is 5.98. The van der Waals surface area contributed by atoms with E-state index in [1.165, 1.54) is 0 Å². The number of rotatable bonds is 6. The van der Waals surface area contributed by atoms with Crippen molar-refractivity contribution < 1.29 is 9.53 Å². The van der Waals surface area contributed by atoms with Gasteiger partial charge in [0.2, 0.25) is 5.91 Å². The van der Waals surface area contributed by atoms with E-state index in [-0.39, 0.29) is 12.5 Å². The van der Waals surface area contributed by atoms with Gasteiger partial charge in [-0.3, -0.25) is 9.69 Å². The van der Waals surface area contributed by atoms with Gasteiger partial charge in [0, 0.05) is 17.3 Å². The molecule has 0 aliphatic carbocycles. The number of carbonyl (C=O) groups is 1. The topological polar surface area (TPSA) is 41.6 Å². The molecule has 0 saturated carbocycles. The largest absolute Gasteiger partial charge is 0.495 e. The minimum Gasteiger partial charge on any atom is -0.495 e. The van der Waals surface area contributed by atoms with Crippen LogP contribution in [0.4, 0.5) is 5.69 Å². The molecule has 0 atom stereocenters. The summed E-state index contributed by atoms with van der Waals surface area (Å²) >= 11 is 12.2. The van der Waals surface area contributed by atoms with Gasteiger partial charge in [0.15, 0.2) is 0 Å². The fraction of sp³-hybridized carbons (Fsp3) is 0.235. The molecule has 1 N–H and O–H groups in total. The van der Waals surface area contributed by atoms with Crippen molar-refractivity contribution in [2.24, 2.45) is 0 Å². The lowest BCUT2D eigenvalue weighted by atomic mass is 10.2. The first-order valence-corrected chi connectivity index (χ1v) is 7.80. The molecule has 0 aliphatic heterocycles. The monoisotopic (exact) mass is 352 g/mol. The standard InChI is InChI=1S/C17H18Cl2N2O2/c1-21(10-12-5-3-4-6-14(12)18)11-17(22)20-13-7-8-16(23-2)15(19)9-13/h3-9H,10-11H2,1-2H3,(H,20,22). The minimum absolute atomic E-state index is 0.124. The van der Waals surface area contributed by atoms with Gasteiger partial charge in [0.25, 0.3) is 0 Å². The van der Waals surface area contributed by atoms with Gasteiger partial charge in [-0.05, 0) is 36.9 Å². The molecule has 0 fully saturated rings. The molecule has 6 heteroatoms. The molecule has 2 aromatic carbocycles. The molecule has 0 aromatic heterocycles. The Hall–Kier alpha value is -1.75. The summed E-state index contributed by atoms with van der Waals surface area (Å²) in [4.78, 5) is 14.0. The summed E-state index contributed by atoms with van der Waals surface area (Å²) in [5, 5.41) is 3.96. The summed E-state index contributed by atoms with van der Waals surface area (Å²) in [6.07, 6.45) is 0. The lowest BCUT2D eigenvalue weighted by Gasteiger charge is -2.17. The van der Waals surface area contributed by atoms with Crippen molar-refractivity contribution in [3.05, 3.63) is 58.1 Å². The minimum atomic E-state index is -0.124. The van der Waals surface area contributed by atoms with Crippen LogP contribution < -0.4 is 10.1 Å². The molecule has 0 saturated heterocycles. The molecule has 2 rings (SSSR count). The third-order valence-electron chi connectivity index (χ3n) is 3.25. The van der Waals surface area contributed by atoms with Crippen molar-refractivity contribution in [3.8, 4) is 5.75 Å². The zero-order valence-electron chi connectivity index (χ0n) is 13.0. The lowest BCUT2D eigenvalue weighted by Crippen LogP contribution is -2.29. The van der Waals surface area contributed by atoms with Crippen LogP contribution in [0, 0.1) is 0 Å². The molecule has 4 nitrogen and oxygen atoms in total. The molecule has 1 amide bonds. The van der Waals surface area contributed by atoms with Crippen LogP contribution >= 0.6 is 23.2 Å². The maximum Gasteiger partial charge on any atom is 0.238 e. The predicted molar refractivity (Wildman–Crippen MR) is 94.4 cm³/mol. The summed E-state index contributed by atoms with van der Waals surface area (Å²) in [6, 6.07) is 12.7. The van der Waals surface area contributed by atoms with Crippen molar-refractivity contribution in [1.29, 1.82) is 0 Å². The highest BCUT2D eigenvalue weighted by atomic mass is 35.5. The van der Waals surface area contributed by atoms with E-state index in [9.17, 15) is 4.79 Å². The Balaban J connectivity index is 1.91. The molecule has 2 aromatic rings. The van der Waals surface area contributed by atoms with Crippen molar-refractivity contribution in [1.82, 2.24) is 4.90 Å². The van der Waals surface area contributed by atoms with E-state index in [0.717, 1.165) is 5.56 Å². The van der Waals surface area contributed by atoms with Crippen molar-refractivity contribution in [2.45, 2.75) is 6.54 Å². The van der Waals surface area contributed by atoms with Gasteiger partial charge in [-0.15, -0.1) is 0 Å². The number of amides is 1. The maximum atomic E-state index is 12.1. The molecular weight excluding hydrogens is 335 g/mol. The van der Waals surface area contributed by atoms with Gasteiger partial charge in [-0.25, -0.2) is 0 Å². The van der Waals surface area contributed by atoms with E-state index < -0.39 is 0 Å². The Morgan fingerprint density at radius 3 is 2.57 bits per heavy atom. The second-order valence-electron chi connectivity index (χ2n) is 5.16. The number of ether oxygens (including phenoxy) is 1. The molecule has 122 valence electrons. The molecule has 0 unspecified atom stereocenters. The predicted octanol–water partition coefficient (Wildman–Crippen LogP) is 4.07. The average Bonchev–Trinajstić information content (AvgIpc) is 2.49. The molecule has 23 heavy (non-hydrogen) atoms. The van der Waals surface area contributed by atoms with Gasteiger partial charge in [-0.2, -0.15) is 0 Å². The quantitative estimate of drug-likeness (QED) is 0.851. The highest BCUT2D eigenvalue weighted by Crippen LogP contribution is 2.27. The first-order valence-electron chi connectivity index (χ1n) is 7.05. The smallest absolute Gasteiger partial charge is 0.238 e. The van der Waals surface area contributed by atoms with Crippen LogP contribution in [0.25, 0.3) is 0 Å². The molecule has 0 bridgehead atoms. The number of hydrogen-bond acceptors (Lipinski definition) is 3. The Bertz CT molecular complexity index is 692. The first kappa shape index (κ1) is 17.6. The fourth-order valence-corrected chi connectivity index (χ4v) is 2.62. The molecule has 0 radical (unpaired) electrons. The zero-order chi connectivity index (χ0) is 16.8. The van der Waals surface area contributed by atoms with E-state index in [2.05, 4.69) is 5.32 Å². The zero-order valence-corrected chi connectivity index (χ0v) is 14.5. The van der Waals surface area contributed by atoms with Gasteiger partial charge in [0.1, 0.15) is 5.75 Å². The Morgan fingerprint density at radius 1 is 1.17 bits per heavy atom. The third-order valence-corrected chi connectivity index (χ3v) is 3.91. The summed E-state index contributed by atoms with van der Waals surface area (Å²) in [5.74, 6) is 0.446. The number of nitrogens with one attached hydrogen (secondary N) is 1. The average molecular weight is 353 g/mol. The number of anilines is 1. The second kappa shape index (κ2) is 8.20. The number of methoxy groups -OCH3 is 1. The third kappa shape index (κ3) is 5.13. The summed E-state index contributed by atoms with van der Waals surface area (Å²) in [5.41, 5.74) is 1.61. The van der Waals surface area contributed by atoms with Gasteiger partial charge in [0.05, 0.1) is 18.7 Å². The Kier molecular flexibility index (Phi) is 6.28. The van der Waals surface area contributed by atoms with Crippen LogP contribution in [0.5, 0.6) is 5.75 Å². The van der Waals surface area contributed by atoms with Crippen molar-refractivity contribution in [3.63, 3.8) is 0 Å². The Labute approximate surface area is 146 Å². The summed E-state index contributed by atoms with van der Waals surface area (Å²) in [6.45, 7) is 0.839. The maximum absolute atomic E-state index is 12.1. The van der Waals surface area contributed by atoms with Crippen molar-refractivity contribution >= 4 is 34.8 Å². The summed E-state index contributed by atoms with van der Waals surface area (Å²) < 4.78 is 5.08. The number of benzene rings is 2. The number of hydrogen-bond donors (Lipinski definition) is 1. The highest BCUT2D eigenvalue weighted by Gasteiger charge is 2.10. The normalized spacial score (nSPS) is 10.7. The van der Waals surface area contributed by atoms with E-state index in [4.69, 9.17) is 27.9 Å². The number of likely N-dealkylation sites (N-methyl/N-ethyl adjacent to an activating group) is 1. The summed E-state index contributed by atoms with van der Waals surface area (Å²) in [7, 11) is 3.41. The molecular formula is C17H18Cl2N2O2. The highest BCUT2D eigenvalue weighted by molar-refractivity contribution is 6.32. The van der Waals surface area contributed by atoms with E-state index in [0.29, 0.717) is 28.0 Å². The number of halogens is 2. The first-order chi connectivity index (χ1) is 11.0. The van der Waals surface area contributed by atoms with Crippen LogP contribution in [0.1, 0.15) is 5.56 Å². The van der Waals surface area contributed by atoms with Crippen LogP contribution in [0.15, 0.2) is 42.5 Å². The van der Waals surface area contributed by atoms with Crippen LogP contribution in [-0.4, -0.2) is 31.5 Å². The van der Waals surface area contributed by atoms with Crippen LogP contribution in [0.2, 0.25) is 10.0 Å². The van der Waals surface area contributed by atoms with E-state index >= 15 is 0 Å². The number of nitrogens with zero attached hydrogens (tertiary/aromatic N) is 1. The Morgan fingerprint density at radius 2 is 1.91 bits per heavy atom. The van der Waals surface area contributed by atoms with Crippen LogP contribution in [-0.2, 0) is 11.3 Å². The van der Waals surface area contributed by atoms with Crippen LogP contribution in [0.3, 0.4) is 0 Å². The van der Waals surface area contributed by atoms with Crippen molar-refractivity contribution in [2.75, 3.05) is 26.0 Å². The van der Waals surface area contributed by atoms with Gasteiger partial charge in [-0.1, -0.05) is 41.4 Å².